The molecule has 2 atom stereocenters. The van der Waals surface area contributed by atoms with Crippen LogP contribution in [0, 0.1) is 12.7 Å². The van der Waals surface area contributed by atoms with E-state index in [0.717, 1.165) is 17.5 Å². The highest BCUT2D eigenvalue weighted by atomic mass is 19.1. The molecule has 1 N–H and O–H groups in total. The second-order valence-corrected chi connectivity index (χ2v) is 7.52. The number of carbonyl (C=O) groups excluding carboxylic acids is 2. The molecule has 0 aliphatic rings. The Morgan fingerprint density at radius 2 is 1.79 bits per heavy atom. The molecule has 5 heteroatoms. The number of hydrogen-bond donors (Lipinski definition) is 1. The van der Waals surface area contributed by atoms with Gasteiger partial charge in [0.25, 0.3) is 0 Å². The molecular formula is C24H31FN2O2. The topological polar surface area (TPSA) is 49.4 Å². The van der Waals surface area contributed by atoms with Crippen LogP contribution in [0.1, 0.15) is 50.3 Å². The molecule has 0 aliphatic carbocycles. The Morgan fingerprint density at radius 3 is 2.41 bits per heavy atom. The second-order valence-electron chi connectivity index (χ2n) is 7.52. The first-order chi connectivity index (χ1) is 13.8. The first kappa shape index (κ1) is 22.6. The molecule has 0 saturated carbocycles. The summed E-state index contributed by atoms with van der Waals surface area (Å²) < 4.78 is 14.1. The summed E-state index contributed by atoms with van der Waals surface area (Å²) in [6.45, 7) is 8.13. The minimum Gasteiger partial charge on any atom is -0.352 e. The highest BCUT2D eigenvalue weighted by Crippen LogP contribution is 2.17. The van der Waals surface area contributed by atoms with Gasteiger partial charge in [0, 0.05) is 12.6 Å². The monoisotopic (exact) mass is 398 g/mol. The Labute approximate surface area is 173 Å². The SMILES string of the molecule is CCC(C)NC(=O)C(CC)N(Cc1cccc(C)c1)C(=O)Cc1ccccc1F. The fourth-order valence-electron chi connectivity index (χ4n) is 3.27. The summed E-state index contributed by atoms with van der Waals surface area (Å²) >= 11 is 0. The van der Waals surface area contributed by atoms with E-state index >= 15 is 0 Å². The first-order valence-electron chi connectivity index (χ1n) is 10.2. The quantitative estimate of drug-likeness (QED) is 0.681. The molecule has 0 bridgehead atoms. The number of aryl methyl sites for hydroxylation is 1. The summed E-state index contributed by atoms with van der Waals surface area (Å²) in [6.07, 6.45) is 1.21. The van der Waals surface area contributed by atoms with Gasteiger partial charge in [0.2, 0.25) is 11.8 Å². The normalized spacial score (nSPS) is 12.9. The van der Waals surface area contributed by atoms with Crippen LogP contribution < -0.4 is 5.32 Å². The van der Waals surface area contributed by atoms with Crippen molar-refractivity contribution in [3.05, 3.63) is 71.0 Å². The lowest BCUT2D eigenvalue weighted by Crippen LogP contribution is -2.51. The van der Waals surface area contributed by atoms with E-state index in [1.54, 1.807) is 23.1 Å². The smallest absolute Gasteiger partial charge is 0.243 e. The van der Waals surface area contributed by atoms with Gasteiger partial charge in [-0.25, -0.2) is 4.39 Å². The maximum absolute atomic E-state index is 14.1. The Hall–Kier alpha value is -2.69. The van der Waals surface area contributed by atoms with Crippen molar-refractivity contribution in [2.45, 2.75) is 65.6 Å². The van der Waals surface area contributed by atoms with Crippen molar-refractivity contribution in [2.24, 2.45) is 0 Å². The van der Waals surface area contributed by atoms with Gasteiger partial charge in [0.1, 0.15) is 11.9 Å². The van der Waals surface area contributed by atoms with Crippen molar-refractivity contribution >= 4 is 11.8 Å². The number of benzene rings is 2. The standard InChI is InChI=1S/C24H31FN2O2/c1-5-18(4)26-24(29)22(6-2)27(16-19-11-9-10-17(3)14-19)23(28)15-20-12-7-8-13-21(20)25/h7-14,18,22H,5-6,15-16H2,1-4H3,(H,26,29). The third-order valence-electron chi connectivity index (χ3n) is 5.12. The molecule has 4 nitrogen and oxygen atoms in total. The molecule has 0 aromatic heterocycles. The van der Waals surface area contributed by atoms with Crippen LogP contribution in [0.2, 0.25) is 0 Å². The van der Waals surface area contributed by atoms with Crippen LogP contribution >= 0.6 is 0 Å². The number of halogens is 1. The summed E-state index contributed by atoms with van der Waals surface area (Å²) in [5.74, 6) is -0.840. The number of nitrogens with one attached hydrogen (secondary N) is 1. The van der Waals surface area contributed by atoms with Gasteiger partial charge < -0.3 is 10.2 Å². The molecule has 2 aromatic rings. The van der Waals surface area contributed by atoms with Gasteiger partial charge in [0.05, 0.1) is 6.42 Å². The lowest BCUT2D eigenvalue weighted by molar-refractivity contribution is -0.141. The highest BCUT2D eigenvalue weighted by Gasteiger charge is 2.29. The lowest BCUT2D eigenvalue weighted by Gasteiger charge is -2.31. The molecule has 0 fully saturated rings. The van der Waals surface area contributed by atoms with Gasteiger partial charge in [-0.1, -0.05) is 61.9 Å². The largest absolute Gasteiger partial charge is 0.352 e. The van der Waals surface area contributed by atoms with E-state index in [4.69, 9.17) is 0 Å². The number of nitrogens with zero attached hydrogens (tertiary/aromatic N) is 1. The van der Waals surface area contributed by atoms with Crippen molar-refractivity contribution in [3.63, 3.8) is 0 Å². The number of amides is 2. The van der Waals surface area contributed by atoms with E-state index < -0.39 is 11.9 Å². The first-order valence-corrected chi connectivity index (χ1v) is 10.2. The van der Waals surface area contributed by atoms with Gasteiger partial charge in [0.15, 0.2) is 0 Å². The van der Waals surface area contributed by atoms with Gasteiger partial charge in [-0.3, -0.25) is 9.59 Å². The minimum absolute atomic E-state index is 0.0269. The molecule has 156 valence electrons. The van der Waals surface area contributed by atoms with Crippen LogP contribution in [-0.2, 0) is 22.6 Å². The van der Waals surface area contributed by atoms with Gasteiger partial charge in [-0.2, -0.15) is 0 Å². The van der Waals surface area contributed by atoms with E-state index in [-0.39, 0.29) is 24.3 Å². The van der Waals surface area contributed by atoms with Gasteiger partial charge in [-0.15, -0.1) is 0 Å². The summed E-state index contributed by atoms with van der Waals surface area (Å²) in [6, 6.07) is 13.6. The van der Waals surface area contributed by atoms with Crippen LogP contribution in [0.5, 0.6) is 0 Å². The van der Waals surface area contributed by atoms with Crippen LogP contribution in [-0.4, -0.2) is 28.8 Å². The van der Waals surface area contributed by atoms with E-state index in [2.05, 4.69) is 5.32 Å². The Morgan fingerprint density at radius 1 is 1.07 bits per heavy atom. The molecule has 0 radical (unpaired) electrons. The summed E-state index contributed by atoms with van der Waals surface area (Å²) in [4.78, 5) is 27.7. The Bertz CT molecular complexity index is 837. The van der Waals surface area contributed by atoms with E-state index in [1.165, 1.54) is 6.07 Å². The average Bonchev–Trinajstić information content (AvgIpc) is 2.69. The number of hydrogen-bond acceptors (Lipinski definition) is 2. The third kappa shape index (κ3) is 6.41. The molecule has 2 aromatic carbocycles. The Kier molecular flexibility index (Phi) is 8.37. The van der Waals surface area contributed by atoms with E-state index in [1.807, 2.05) is 52.0 Å². The van der Waals surface area contributed by atoms with Crippen molar-refractivity contribution in [1.82, 2.24) is 10.2 Å². The molecule has 0 heterocycles. The minimum atomic E-state index is -0.608. The second kappa shape index (κ2) is 10.7. The van der Waals surface area contributed by atoms with Crippen LogP contribution in [0.15, 0.2) is 48.5 Å². The molecular weight excluding hydrogens is 367 g/mol. The maximum atomic E-state index is 14.1. The zero-order valence-electron chi connectivity index (χ0n) is 17.7. The van der Waals surface area contributed by atoms with E-state index in [9.17, 15) is 14.0 Å². The zero-order chi connectivity index (χ0) is 21.4. The van der Waals surface area contributed by atoms with Crippen molar-refractivity contribution < 1.29 is 14.0 Å². The summed E-state index contributed by atoms with van der Waals surface area (Å²) in [5.41, 5.74) is 2.37. The number of carbonyl (C=O) groups is 2. The highest BCUT2D eigenvalue weighted by molar-refractivity contribution is 5.88. The van der Waals surface area contributed by atoms with Crippen molar-refractivity contribution in [2.75, 3.05) is 0 Å². The van der Waals surface area contributed by atoms with Crippen molar-refractivity contribution in [3.8, 4) is 0 Å². The fraction of sp³-hybridized carbons (Fsp3) is 0.417. The van der Waals surface area contributed by atoms with Crippen LogP contribution in [0.25, 0.3) is 0 Å². The average molecular weight is 399 g/mol. The summed E-state index contributed by atoms with van der Waals surface area (Å²) in [5, 5.41) is 2.98. The lowest BCUT2D eigenvalue weighted by atomic mass is 10.0. The molecule has 0 aliphatic heterocycles. The molecule has 2 unspecified atom stereocenters. The van der Waals surface area contributed by atoms with Crippen LogP contribution in [0.4, 0.5) is 4.39 Å². The van der Waals surface area contributed by atoms with Crippen molar-refractivity contribution in [1.29, 1.82) is 0 Å². The van der Waals surface area contributed by atoms with Crippen LogP contribution in [0.3, 0.4) is 0 Å². The fourth-order valence-corrected chi connectivity index (χ4v) is 3.27. The molecule has 29 heavy (non-hydrogen) atoms. The van der Waals surface area contributed by atoms with Gasteiger partial charge >= 0.3 is 0 Å². The third-order valence-corrected chi connectivity index (χ3v) is 5.12. The Balaban J connectivity index is 2.31. The predicted octanol–water partition coefficient (Wildman–Crippen LogP) is 4.40. The maximum Gasteiger partial charge on any atom is 0.243 e. The van der Waals surface area contributed by atoms with E-state index in [0.29, 0.717) is 18.5 Å². The number of rotatable bonds is 9. The molecule has 2 amide bonds. The molecule has 2 rings (SSSR count). The predicted molar refractivity (Wildman–Crippen MR) is 114 cm³/mol. The molecule has 0 spiro atoms. The van der Waals surface area contributed by atoms with Gasteiger partial charge in [-0.05, 0) is 43.9 Å². The summed E-state index contributed by atoms with van der Waals surface area (Å²) in [7, 11) is 0. The molecule has 0 saturated heterocycles. The zero-order valence-corrected chi connectivity index (χ0v) is 17.7.